The topological polar surface area (TPSA) is 98.0 Å². The Morgan fingerprint density at radius 3 is 2.69 bits per heavy atom. The van der Waals surface area contributed by atoms with E-state index in [9.17, 15) is 4.79 Å². The van der Waals surface area contributed by atoms with Crippen LogP contribution in [0.5, 0.6) is 11.5 Å². The Kier molecular flexibility index (Phi) is 8.82. The van der Waals surface area contributed by atoms with Gasteiger partial charge in [-0.3, -0.25) is 4.79 Å². The molecule has 1 atom stereocenters. The Balaban J connectivity index is 1.91. The molecule has 156 valence electrons. The second-order valence-corrected chi connectivity index (χ2v) is 6.67. The summed E-state index contributed by atoms with van der Waals surface area (Å²) in [6.07, 6.45) is -0.0227. The van der Waals surface area contributed by atoms with Gasteiger partial charge in [0.25, 0.3) is 5.91 Å². The zero-order valence-corrected chi connectivity index (χ0v) is 17.3. The zero-order chi connectivity index (χ0) is 21.1. The van der Waals surface area contributed by atoms with E-state index >= 15 is 0 Å². The van der Waals surface area contributed by atoms with Crippen molar-refractivity contribution in [3.05, 3.63) is 59.7 Å². The standard InChI is InChI=1S/C22H30N4O3/c1-4-24-22(25-13-17(3)29-20-11-6-5-8-16(20)2)26-14-18-9-7-10-19(12-18)28-15-21(23)27/h5-12,17H,4,13-15H2,1-3H3,(H2,23,27)(H2,24,25,26). The summed E-state index contributed by atoms with van der Waals surface area (Å²) in [6.45, 7) is 7.75. The van der Waals surface area contributed by atoms with Crippen molar-refractivity contribution in [2.75, 3.05) is 19.7 Å². The molecule has 0 saturated carbocycles. The second kappa shape index (κ2) is 11.6. The number of ether oxygens (including phenoxy) is 2. The lowest BCUT2D eigenvalue weighted by atomic mass is 10.2. The van der Waals surface area contributed by atoms with Crippen LogP contribution in [0.4, 0.5) is 0 Å². The summed E-state index contributed by atoms with van der Waals surface area (Å²) >= 11 is 0. The van der Waals surface area contributed by atoms with E-state index < -0.39 is 5.91 Å². The number of hydrogen-bond donors (Lipinski definition) is 3. The lowest BCUT2D eigenvalue weighted by Crippen LogP contribution is -2.41. The average molecular weight is 399 g/mol. The Labute approximate surface area is 172 Å². The number of primary amides is 1. The lowest BCUT2D eigenvalue weighted by Gasteiger charge is -2.18. The van der Waals surface area contributed by atoms with E-state index in [-0.39, 0.29) is 12.7 Å². The zero-order valence-electron chi connectivity index (χ0n) is 17.3. The minimum absolute atomic E-state index is 0.0227. The van der Waals surface area contributed by atoms with E-state index in [4.69, 9.17) is 15.2 Å². The Morgan fingerprint density at radius 1 is 1.17 bits per heavy atom. The van der Waals surface area contributed by atoms with Gasteiger partial charge in [-0.05, 0) is 50.1 Å². The first-order valence-electron chi connectivity index (χ1n) is 9.72. The van der Waals surface area contributed by atoms with E-state index in [2.05, 4.69) is 15.6 Å². The van der Waals surface area contributed by atoms with Crippen LogP contribution in [0.2, 0.25) is 0 Å². The van der Waals surface area contributed by atoms with Crippen LogP contribution in [-0.2, 0) is 11.3 Å². The summed E-state index contributed by atoms with van der Waals surface area (Å²) in [6, 6.07) is 15.4. The smallest absolute Gasteiger partial charge is 0.255 e. The number of carbonyl (C=O) groups excluding carboxylic acids is 1. The van der Waals surface area contributed by atoms with Gasteiger partial charge in [-0.2, -0.15) is 0 Å². The van der Waals surface area contributed by atoms with E-state index in [0.29, 0.717) is 24.8 Å². The van der Waals surface area contributed by atoms with Gasteiger partial charge in [0.1, 0.15) is 17.6 Å². The first kappa shape index (κ1) is 22.1. The minimum atomic E-state index is -0.505. The van der Waals surface area contributed by atoms with Gasteiger partial charge in [-0.1, -0.05) is 30.3 Å². The average Bonchev–Trinajstić information content (AvgIpc) is 2.70. The fourth-order valence-electron chi connectivity index (χ4n) is 2.59. The number of hydrogen-bond acceptors (Lipinski definition) is 4. The molecule has 0 fully saturated rings. The number of nitrogens with two attached hydrogens (primary N) is 1. The molecule has 0 aromatic heterocycles. The molecule has 0 aliphatic heterocycles. The van der Waals surface area contributed by atoms with Crippen LogP contribution < -0.4 is 25.8 Å². The lowest BCUT2D eigenvalue weighted by molar-refractivity contribution is -0.119. The summed E-state index contributed by atoms with van der Waals surface area (Å²) in [5.74, 6) is 1.68. The second-order valence-electron chi connectivity index (χ2n) is 6.67. The third-order valence-corrected chi connectivity index (χ3v) is 4.02. The number of aryl methyl sites for hydroxylation is 1. The highest BCUT2D eigenvalue weighted by molar-refractivity contribution is 5.79. The SMILES string of the molecule is CCNC(=NCc1cccc(OCC(N)=O)c1)NCC(C)Oc1ccccc1C. The summed E-state index contributed by atoms with van der Waals surface area (Å²) in [4.78, 5) is 15.5. The number of benzene rings is 2. The largest absolute Gasteiger partial charge is 0.489 e. The molecule has 2 aromatic rings. The quantitative estimate of drug-likeness (QED) is 0.422. The summed E-state index contributed by atoms with van der Waals surface area (Å²) in [7, 11) is 0. The highest BCUT2D eigenvalue weighted by Gasteiger charge is 2.07. The molecule has 0 aliphatic carbocycles. The molecule has 4 N–H and O–H groups in total. The van der Waals surface area contributed by atoms with Crippen molar-refractivity contribution in [1.29, 1.82) is 0 Å². The van der Waals surface area contributed by atoms with E-state index in [1.54, 1.807) is 6.07 Å². The van der Waals surface area contributed by atoms with Gasteiger partial charge in [-0.15, -0.1) is 0 Å². The molecule has 0 saturated heterocycles. The molecule has 1 unspecified atom stereocenters. The van der Waals surface area contributed by atoms with Crippen molar-refractivity contribution in [2.45, 2.75) is 33.4 Å². The monoisotopic (exact) mass is 398 g/mol. The van der Waals surface area contributed by atoms with Crippen LogP contribution in [0, 0.1) is 6.92 Å². The molecule has 0 heterocycles. The molecule has 0 spiro atoms. The molecule has 29 heavy (non-hydrogen) atoms. The number of amides is 1. The number of guanidine groups is 1. The maximum atomic E-state index is 10.9. The fraction of sp³-hybridized carbons (Fsp3) is 0.364. The fourth-order valence-corrected chi connectivity index (χ4v) is 2.59. The molecule has 7 heteroatoms. The van der Waals surface area contributed by atoms with Crippen molar-refractivity contribution in [1.82, 2.24) is 10.6 Å². The molecule has 2 rings (SSSR count). The van der Waals surface area contributed by atoms with Gasteiger partial charge in [-0.25, -0.2) is 4.99 Å². The van der Waals surface area contributed by atoms with Gasteiger partial charge < -0.3 is 25.8 Å². The number of carbonyl (C=O) groups is 1. The number of rotatable bonds is 10. The van der Waals surface area contributed by atoms with Crippen LogP contribution in [-0.4, -0.2) is 37.7 Å². The van der Waals surface area contributed by atoms with Crippen molar-refractivity contribution in [3.63, 3.8) is 0 Å². The first-order chi connectivity index (χ1) is 14.0. The van der Waals surface area contributed by atoms with Crippen LogP contribution in [0.1, 0.15) is 25.0 Å². The van der Waals surface area contributed by atoms with Crippen molar-refractivity contribution in [2.24, 2.45) is 10.7 Å². The third-order valence-electron chi connectivity index (χ3n) is 4.02. The predicted octanol–water partition coefficient (Wildman–Crippen LogP) is 2.38. The Bertz CT molecular complexity index is 823. The van der Waals surface area contributed by atoms with Crippen LogP contribution >= 0.6 is 0 Å². The van der Waals surface area contributed by atoms with Crippen molar-refractivity contribution in [3.8, 4) is 11.5 Å². The molecule has 7 nitrogen and oxygen atoms in total. The third kappa shape index (κ3) is 8.13. The maximum absolute atomic E-state index is 10.9. The molecule has 1 amide bonds. The highest BCUT2D eigenvalue weighted by Crippen LogP contribution is 2.17. The molecule has 0 aliphatic rings. The van der Waals surface area contributed by atoms with E-state index in [1.807, 2.05) is 63.2 Å². The van der Waals surface area contributed by atoms with Crippen LogP contribution in [0.25, 0.3) is 0 Å². The van der Waals surface area contributed by atoms with E-state index in [1.165, 1.54) is 0 Å². The van der Waals surface area contributed by atoms with Crippen molar-refractivity contribution < 1.29 is 14.3 Å². The van der Waals surface area contributed by atoms with Gasteiger partial charge >= 0.3 is 0 Å². The number of nitrogens with zero attached hydrogens (tertiary/aromatic N) is 1. The number of nitrogens with one attached hydrogen (secondary N) is 2. The normalized spacial score (nSPS) is 12.2. The van der Waals surface area contributed by atoms with Gasteiger partial charge in [0.15, 0.2) is 12.6 Å². The Morgan fingerprint density at radius 2 is 1.97 bits per heavy atom. The van der Waals surface area contributed by atoms with E-state index in [0.717, 1.165) is 23.4 Å². The summed E-state index contributed by atoms with van der Waals surface area (Å²) < 4.78 is 11.3. The molecular weight excluding hydrogens is 368 g/mol. The molecular formula is C22H30N4O3. The molecule has 0 bridgehead atoms. The first-order valence-corrected chi connectivity index (χ1v) is 9.72. The van der Waals surface area contributed by atoms with Gasteiger partial charge in [0, 0.05) is 6.54 Å². The molecule has 0 radical (unpaired) electrons. The minimum Gasteiger partial charge on any atom is -0.489 e. The maximum Gasteiger partial charge on any atom is 0.255 e. The van der Waals surface area contributed by atoms with Gasteiger partial charge in [0.05, 0.1) is 13.1 Å². The summed E-state index contributed by atoms with van der Waals surface area (Å²) in [5, 5.41) is 6.54. The van der Waals surface area contributed by atoms with Gasteiger partial charge in [0.2, 0.25) is 0 Å². The van der Waals surface area contributed by atoms with Crippen LogP contribution in [0.15, 0.2) is 53.5 Å². The van der Waals surface area contributed by atoms with Crippen molar-refractivity contribution >= 4 is 11.9 Å². The number of aliphatic imine (C=N–C) groups is 1. The Hall–Kier alpha value is -3.22. The van der Waals surface area contributed by atoms with Crippen LogP contribution in [0.3, 0.4) is 0 Å². The highest BCUT2D eigenvalue weighted by atomic mass is 16.5. The predicted molar refractivity (Wildman–Crippen MR) is 115 cm³/mol. The number of para-hydroxylation sites is 1. The molecule has 2 aromatic carbocycles. The summed E-state index contributed by atoms with van der Waals surface area (Å²) in [5.41, 5.74) is 7.19.